The van der Waals surface area contributed by atoms with Gasteiger partial charge in [-0.05, 0) is 51.1 Å². The van der Waals surface area contributed by atoms with Crippen LogP contribution < -0.4 is 4.90 Å². The molecule has 0 saturated carbocycles. The van der Waals surface area contributed by atoms with Crippen LogP contribution in [0.3, 0.4) is 0 Å². The van der Waals surface area contributed by atoms with Gasteiger partial charge in [0.05, 0.1) is 5.02 Å². The fraction of sp³-hybridized carbons (Fsp3) is 0.533. The van der Waals surface area contributed by atoms with Gasteiger partial charge in [0, 0.05) is 31.4 Å². The summed E-state index contributed by atoms with van der Waals surface area (Å²) >= 11 is 6.14. The van der Waals surface area contributed by atoms with Gasteiger partial charge in [-0.25, -0.2) is 0 Å². The molecule has 0 unspecified atom stereocenters. The molecular formula is C15H21ClN2O. The van der Waals surface area contributed by atoms with Crippen LogP contribution in [0.1, 0.15) is 30.1 Å². The molecule has 0 aliphatic carbocycles. The summed E-state index contributed by atoms with van der Waals surface area (Å²) in [5, 5.41) is 0.540. The summed E-state index contributed by atoms with van der Waals surface area (Å²) in [7, 11) is 2.06. The van der Waals surface area contributed by atoms with Crippen molar-refractivity contribution < 1.29 is 4.79 Å². The minimum Gasteiger partial charge on any atom is -0.373 e. The minimum absolute atomic E-state index is 0.0104. The molecule has 0 spiro atoms. The fourth-order valence-electron chi connectivity index (χ4n) is 2.45. The lowest BCUT2D eigenvalue weighted by Crippen LogP contribution is -2.31. The van der Waals surface area contributed by atoms with E-state index in [0.29, 0.717) is 10.6 Å². The lowest BCUT2D eigenvalue weighted by molar-refractivity contribution is 0.101. The van der Waals surface area contributed by atoms with Gasteiger partial charge in [-0.15, -0.1) is 0 Å². The quantitative estimate of drug-likeness (QED) is 0.775. The summed E-state index contributed by atoms with van der Waals surface area (Å²) in [5.41, 5.74) is 1.66. The highest BCUT2D eigenvalue weighted by molar-refractivity contribution is 6.34. The second-order valence-corrected chi connectivity index (χ2v) is 5.60. The fourth-order valence-corrected chi connectivity index (χ4v) is 2.76. The van der Waals surface area contributed by atoms with Gasteiger partial charge in [-0.1, -0.05) is 11.6 Å². The van der Waals surface area contributed by atoms with Crippen LogP contribution in [0.5, 0.6) is 0 Å². The SMILES string of the molecule is CC(=O)c1ccc(N(C)CCN2CCCC2)cc1Cl. The van der Waals surface area contributed by atoms with E-state index in [9.17, 15) is 4.79 Å². The third-order valence-electron chi connectivity index (χ3n) is 3.72. The third kappa shape index (κ3) is 3.71. The van der Waals surface area contributed by atoms with Gasteiger partial charge < -0.3 is 9.80 Å². The second kappa shape index (κ2) is 6.40. The van der Waals surface area contributed by atoms with Crippen molar-refractivity contribution in [3.8, 4) is 0 Å². The maximum Gasteiger partial charge on any atom is 0.161 e. The third-order valence-corrected chi connectivity index (χ3v) is 4.04. The molecule has 19 heavy (non-hydrogen) atoms. The zero-order valence-electron chi connectivity index (χ0n) is 11.7. The summed E-state index contributed by atoms with van der Waals surface area (Å²) in [6.45, 7) is 6.05. The Morgan fingerprint density at radius 2 is 2.05 bits per heavy atom. The van der Waals surface area contributed by atoms with E-state index in [0.717, 1.165) is 18.8 Å². The number of halogens is 1. The molecule has 0 radical (unpaired) electrons. The molecule has 1 heterocycles. The van der Waals surface area contributed by atoms with Crippen molar-refractivity contribution in [3.63, 3.8) is 0 Å². The predicted molar refractivity (Wildman–Crippen MR) is 80.4 cm³/mol. The van der Waals surface area contributed by atoms with E-state index in [1.807, 2.05) is 18.2 Å². The van der Waals surface area contributed by atoms with E-state index in [4.69, 9.17) is 11.6 Å². The van der Waals surface area contributed by atoms with Crippen LogP contribution in [0.2, 0.25) is 5.02 Å². The Balaban J connectivity index is 1.96. The Morgan fingerprint density at radius 3 is 2.63 bits per heavy atom. The second-order valence-electron chi connectivity index (χ2n) is 5.19. The van der Waals surface area contributed by atoms with Gasteiger partial charge in [0.15, 0.2) is 5.78 Å². The number of anilines is 1. The smallest absolute Gasteiger partial charge is 0.161 e. The van der Waals surface area contributed by atoms with Crippen molar-refractivity contribution in [2.75, 3.05) is 38.1 Å². The first-order valence-electron chi connectivity index (χ1n) is 6.82. The van der Waals surface area contributed by atoms with Crippen molar-refractivity contribution >= 4 is 23.1 Å². The maximum atomic E-state index is 11.3. The van der Waals surface area contributed by atoms with E-state index >= 15 is 0 Å². The molecule has 0 atom stereocenters. The summed E-state index contributed by atoms with van der Waals surface area (Å²) in [6.07, 6.45) is 2.64. The number of likely N-dealkylation sites (tertiary alicyclic amines) is 1. The highest BCUT2D eigenvalue weighted by Crippen LogP contribution is 2.23. The Morgan fingerprint density at radius 1 is 1.37 bits per heavy atom. The molecule has 104 valence electrons. The van der Waals surface area contributed by atoms with E-state index < -0.39 is 0 Å². The largest absolute Gasteiger partial charge is 0.373 e. The predicted octanol–water partition coefficient (Wildman–Crippen LogP) is 3.07. The molecule has 3 nitrogen and oxygen atoms in total. The highest BCUT2D eigenvalue weighted by atomic mass is 35.5. The van der Waals surface area contributed by atoms with E-state index in [1.54, 1.807) is 0 Å². The van der Waals surface area contributed by atoms with Crippen LogP contribution >= 0.6 is 11.6 Å². The number of hydrogen-bond donors (Lipinski definition) is 0. The number of Topliss-reactive ketones (excluding diaryl/α,β-unsaturated/α-hetero) is 1. The zero-order chi connectivity index (χ0) is 13.8. The van der Waals surface area contributed by atoms with Crippen LogP contribution in [0, 0.1) is 0 Å². The topological polar surface area (TPSA) is 23.6 Å². The number of likely N-dealkylation sites (N-methyl/N-ethyl adjacent to an activating group) is 1. The van der Waals surface area contributed by atoms with Gasteiger partial charge in [0.1, 0.15) is 0 Å². The van der Waals surface area contributed by atoms with Crippen molar-refractivity contribution in [1.82, 2.24) is 4.90 Å². The molecule has 1 fully saturated rings. The summed E-state index contributed by atoms with van der Waals surface area (Å²) in [4.78, 5) is 16.0. The molecule has 0 bridgehead atoms. The summed E-state index contributed by atoms with van der Waals surface area (Å²) < 4.78 is 0. The Hall–Kier alpha value is -1.06. The standard InChI is InChI=1S/C15H21ClN2O/c1-12(19)14-6-5-13(11-15(14)16)17(2)9-10-18-7-3-4-8-18/h5-6,11H,3-4,7-10H2,1-2H3. The normalized spacial score (nSPS) is 15.7. The molecule has 0 amide bonds. The zero-order valence-corrected chi connectivity index (χ0v) is 12.4. The first-order valence-corrected chi connectivity index (χ1v) is 7.19. The summed E-state index contributed by atoms with van der Waals surface area (Å²) in [5.74, 6) is 0.0104. The molecule has 1 aliphatic rings. The minimum atomic E-state index is 0.0104. The maximum absolute atomic E-state index is 11.3. The molecule has 1 saturated heterocycles. The molecule has 1 aromatic rings. The molecule has 1 aromatic carbocycles. The Labute approximate surface area is 120 Å². The molecule has 0 aromatic heterocycles. The number of benzene rings is 1. The number of carbonyl (C=O) groups is 1. The number of nitrogens with zero attached hydrogens (tertiary/aromatic N) is 2. The van der Waals surface area contributed by atoms with Crippen molar-refractivity contribution in [2.24, 2.45) is 0 Å². The van der Waals surface area contributed by atoms with E-state index in [1.165, 1.54) is 32.9 Å². The number of hydrogen-bond acceptors (Lipinski definition) is 3. The monoisotopic (exact) mass is 280 g/mol. The first kappa shape index (κ1) is 14.4. The Kier molecular flexibility index (Phi) is 4.83. The molecule has 2 rings (SSSR count). The lowest BCUT2D eigenvalue weighted by atomic mass is 10.1. The van der Waals surface area contributed by atoms with Gasteiger partial charge in [-0.3, -0.25) is 4.79 Å². The van der Waals surface area contributed by atoms with E-state index in [-0.39, 0.29) is 5.78 Å². The van der Waals surface area contributed by atoms with Crippen molar-refractivity contribution in [2.45, 2.75) is 19.8 Å². The lowest BCUT2D eigenvalue weighted by Gasteiger charge is -2.23. The van der Waals surface area contributed by atoms with Crippen LogP contribution in [0.25, 0.3) is 0 Å². The van der Waals surface area contributed by atoms with Crippen LogP contribution in [0.4, 0.5) is 5.69 Å². The van der Waals surface area contributed by atoms with E-state index in [2.05, 4.69) is 16.8 Å². The van der Waals surface area contributed by atoms with Gasteiger partial charge in [0.2, 0.25) is 0 Å². The average Bonchev–Trinajstić information content (AvgIpc) is 2.88. The van der Waals surface area contributed by atoms with Gasteiger partial charge in [0.25, 0.3) is 0 Å². The highest BCUT2D eigenvalue weighted by Gasteiger charge is 2.13. The van der Waals surface area contributed by atoms with Gasteiger partial charge >= 0.3 is 0 Å². The van der Waals surface area contributed by atoms with Crippen LogP contribution in [0.15, 0.2) is 18.2 Å². The van der Waals surface area contributed by atoms with Crippen molar-refractivity contribution in [3.05, 3.63) is 28.8 Å². The van der Waals surface area contributed by atoms with Crippen molar-refractivity contribution in [1.29, 1.82) is 0 Å². The number of ketones is 1. The number of carbonyl (C=O) groups excluding carboxylic acids is 1. The molecule has 1 aliphatic heterocycles. The van der Waals surface area contributed by atoms with Gasteiger partial charge in [-0.2, -0.15) is 0 Å². The molecule has 0 N–H and O–H groups in total. The van der Waals surface area contributed by atoms with Crippen LogP contribution in [-0.4, -0.2) is 43.9 Å². The first-order chi connectivity index (χ1) is 9.08. The summed E-state index contributed by atoms with van der Waals surface area (Å²) in [6, 6.07) is 5.65. The van der Waals surface area contributed by atoms with Crippen LogP contribution in [-0.2, 0) is 0 Å². The Bertz CT molecular complexity index is 455. The molecular weight excluding hydrogens is 260 g/mol. The molecule has 4 heteroatoms. The number of rotatable bonds is 5. The average molecular weight is 281 g/mol.